The van der Waals surface area contributed by atoms with Gasteiger partial charge in [0.15, 0.2) is 0 Å². The highest BCUT2D eigenvalue weighted by Gasteiger charge is 2.23. The number of sulfonamides is 1. The number of anilines is 1. The van der Waals surface area contributed by atoms with E-state index in [9.17, 15) is 13.2 Å². The van der Waals surface area contributed by atoms with Gasteiger partial charge in [-0.2, -0.15) is 0 Å². The van der Waals surface area contributed by atoms with E-state index in [-0.39, 0.29) is 5.75 Å². The summed E-state index contributed by atoms with van der Waals surface area (Å²) in [5, 5.41) is 8.84. The summed E-state index contributed by atoms with van der Waals surface area (Å²) in [5.41, 5.74) is 2.19. The molecule has 1 N–H and O–H groups in total. The van der Waals surface area contributed by atoms with Crippen LogP contribution in [-0.2, 0) is 14.8 Å². The van der Waals surface area contributed by atoms with Gasteiger partial charge in [0.1, 0.15) is 6.54 Å². The van der Waals surface area contributed by atoms with Crippen LogP contribution in [0.4, 0.5) is 5.69 Å². The topological polar surface area (TPSA) is 74.7 Å². The quantitative estimate of drug-likeness (QED) is 0.881. The summed E-state index contributed by atoms with van der Waals surface area (Å²) in [6, 6.07) is 5.24. The molecule has 0 aromatic heterocycles. The van der Waals surface area contributed by atoms with Crippen molar-refractivity contribution >= 4 is 21.7 Å². The number of benzene rings is 1. The van der Waals surface area contributed by atoms with Gasteiger partial charge < -0.3 is 5.11 Å². The van der Waals surface area contributed by atoms with Gasteiger partial charge in [-0.3, -0.25) is 9.10 Å². The molecule has 0 amide bonds. The summed E-state index contributed by atoms with van der Waals surface area (Å²) in [7, 11) is -3.59. The van der Waals surface area contributed by atoms with Crippen molar-refractivity contribution in [1.82, 2.24) is 0 Å². The van der Waals surface area contributed by atoms with Gasteiger partial charge in [0.2, 0.25) is 10.0 Å². The maximum absolute atomic E-state index is 11.9. The van der Waals surface area contributed by atoms with Crippen LogP contribution in [-0.4, -0.2) is 31.8 Å². The Balaban J connectivity index is 3.30. The highest BCUT2D eigenvalue weighted by molar-refractivity contribution is 7.92. The number of hydrogen-bond donors (Lipinski definition) is 1. The van der Waals surface area contributed by atoms with Crippen molar-refractivity contribution in [1.29, 1.82) is 0 Å². The predicted octanol–water partition coefficient (Wildman–Crippen LogP) is 1.54. The van der Waals surface area contributed by atoms with Gasteiger partial charge in [0, 0.05) is 0 Å². The fraction of sp³-hybridized carbons (Fsp3) is 0.417. The minimum Gasteiger partial charge on any atom is -0.480 e. The maximum Gasteiger partial charge on any atom is 0.324 e. The average Bonchev–Trinajstić information content (AvgIpc) is 2.24. The molecule has 0 aliphatic heterocycles. The SMILES string of the molecule is CCS(=O)(=O)N(CC(=O)O)c1cc(C)cc(C)c1. The minimum atomic E-state index is -3.59. The molecule has 0 heterocycles. The van der Waals surface area contributed by atoms with Crippen LogP contribution >= 0.6 is 0 Å². The second kappa shape index (κ2) is 5.39. The van der Waals surface area contributed by atoms with Gasteiger partial charge in [-0.05, 0) is 44.0 Å². The molecule has 1 aromatic rings. The molecule has 0 bridgehead atoms. The van der Waals surface area contributed by atoms with Crippen LogP contribution in [0.2, 0.25) is 0 Å². The molecule has 0 aliphatic carbocycles. The molecule has 0 saturated carbocycles. The number of rotatable bonds is 5. The molecule has 0 fully saturated rings. The van der Waals surface area contributed by atoms with E-state index in [0.717, 1.165) is 15.4 Å². The maximum atomic E-state index is 11.9. The van der Waals surface area contributed by atoms with Crippen molar-refractivity contribution in [3.8, 4) is 0 Å². The third-order valence-electron chi connectivity index (χ3n) is 2.47. The van der Waals surface area contributed by atoms with E-state index in [0.29, 0.717) is 5.69 Å². The van der Waals surface area contributed by atoms with Gasteiger partial charge in [0.05, 0.1) is 11.4 Å². The average molecular weight is 271 g/mol. The van der Waals surface area contributed by atoms with Crippen molar-refractivity contribution in [3.63, 3.8) is 0 Å². The van der Waals surface area contributed by atoms with Gasteiger partial charge in [-0.1, -0.05) is 6.07 Å². The first kappa shape index (κ1) is 14.5. The monoisotopic (exact) mass is 271 g/mol. The summed E-state index contributed by atoms with van der Waals surface area (Å²) >= 11 is 0. The molecule has 0 saturated heterocycles. The number of nitrogens with zero attached hydrogens (tertiary/aromatic N) is 1. The molecule has 100 valence electrons. The van der Waals surface area contributed by atoms with E-state index in [1.165, 1.54) is 6.92 Å². The van der Waals surface area contributed by atoms with E-state index >= 15 is 0 Å². The zero-order valence-electron chi connectivity index (χ0n) is 10.7. The van der Waals surface area contributed by atoms with Crippen LogP contribution in [0.3, 0.4) is 0 Å². The number of carboxylic acids is 1. The first-order chi connectivity index (χ1) is 8.26. The van der Waals surface area contributed by atoms with Crippen molar-refractivity contribution in [2.75, 3.05) is 16.6 Å². The molecule has 5 nitrogen and oxygen atoms in total. The lowest BCUT2D eigenvalue weighted by atomic mass is 10.1. The Labute approximate surface area is 107 Å². The van der Waals surface area contributed by atoms with Crippen molar-refractivity contribution < 1.29 is 18.3 Å². The minimum absolute atomic E-state index is 0.132. The van der Waals surface area contributed by atoms with Crippen LogP contribution in [0.25, 0.3) is 0 Å². The smallest absolute Gasteiger partial charge is 0.324 e. The summed E-state index contributed by atoms with van der Waals surface area (Å²) in [6.07, 6.45) is 0. The Bertz CT molecular complexity index is 531. The molecule has 0 radical (unpaired) electrons. The van der Waals surface area contributed by atoms with Crippen LogP contribution in [0.5, 0.6) is 0 Å². The Morgan fingerprint density at radius 3 is 2.11 bits per heavy atom. The largest absolute Gasteiger partial charge is 0.480 e. The molecule has 0 atom stereocenters. The third kappa shape index (κ3) is 3.46. The summed E-state index contributed by atoms with van der Waals surface area (Å²) in [6.45, 7) is 4.62. The molecule has 0 unspecified atom stereocenters. The number of aliphatic carboxylic acids is 1. The van der Waals surface area contributed by atoms with E-state index in [2.05, 4.69) is 0 Å². The Morgan fingerprint density at radius 1 is 1.22 bits per heavy atom. The Kier molecular flexibility index (Phi) is 4.34. The lowest BCUT2D eigenvalue weighted by Crippen LogP contribution is -2.36. The lowest BCUT2D eigenvalue weighted by molar-refractivity contribution is -0.135. The van der Waals surface area contributed by atoms with Crippen LogP contribution in [0.1, 0.15) is 18.1 Å². The fourth-order valence-corrected chi connectivity index (χ4v) is 2.77. The van der Waals surface area contributed by atoms with Gasteiger partial charge in [-0.25, -0.2) is 8.42 Å². The van der Waals surface area contributed by atoms with Crippen molar-refractivity contribution in [2.24, 2.45) is 0 Å². The van der Waals surface area contributed by atoms with E-state index in [1.54, 1.807) is 12.1 Å². The zero-order valence-corrected chi connectivity index (χ0v) is 11.5. The molecule has 0 aliphatic rings. The van der Waals surface area contributed by atoms with Crippen LogP contribution < -0.4 is 4.31 Å². The predicted molar refractivity (Wildman–Crippen MR) is 70.4 cm³/mol. The van der Waals surface area contributed by atoms with Gasteiger partial charge >= 0.3 is 5.97 Å². The first-order valence-electron chi connectivity index (χ1n) is 5.56. The molecule has 1 aromatic carbocycles. The molecule has 0 spiro atoms. The summed E-state index contributed by atoms with van der Waals surface area (Å²) in [4.78, 5) is 10.8. The number of carboxylic acid groups (broad SMARTS) is 1. The third-order valence-corrected chi connectivity index (χ3v) is 4.21. The van der Waals surface area contributed by atoms with E-state index in [1.807, 2.05) is 19.9 Å². The molecule has 6 heteroatoms. The first-order valence-corrected chi connectivity index (χ1v) is 7.17. The number of carbonyl (C=O) groups is 1. The Hall–Kier alpha value is -1.56. The van der Waals surface area contributed by atoms with Gasteiger partial charge in [-0.15, -0.1) is 0 Å². The van der Waals surface area contributed by atoms with Crippen molar-refractivity contribution in [2.45, 2.75) is 20.8 Å². The summed E-state index contributed by atoms with van der Waals surface area (Å²) in [5.74, 6) is -1.31. The lowest BCUT2D eigenvalue weighted by Gasteiger charge is -2.22. The molecule has 18 heavy (non-hydrogen) atoms. The zero-order chi connectivity index (χ0) is 13.9. The Morgan fingerprint density at radius 2 is 1.72 bits per heavy atom. The van der Waals surface area contributed by atoms with Crippen LogP contribution in [0, 0.1) is 13.8 Å². The molecular weight excluding hydrogens is 254 g/mol. The second-order valence-electron chi connectivity index (χ2n) is 4.15. The highest BCUT2D eigenvalue weighted by atomic mass is 32.2. The summed E-state index contributed by atoms with van der Waals surface area (Å²) < 4.78 is 24.8. The van der Waals surface area contributed by atoms with Gasteiger partial charge in [0.25, 0.3) is 0 Å². The van der Waals surface area contributed by atoms with E-state index in [4.69, 9.17) is 5.11 Å². The van der Waals surface area contributed by atoms with Crippen molar-refractivity contribution in [3.05, 3.63) is 29.3 Å². The normalized spacial score (nSPS) is 11.3. The van der Waals surface area contributed by atoms with E-state index < -0.39 is 22.5 Å². The highest BCUT2D eigenvalue weighted by Crippen LogP contribution is 2.21. The number of hydrogen-bond acceptors (Lipinski definition) is 3. The van der Waals surface area contributed by atoms with Crippen LogP contribution in [0.15, 0.2) is 18.2 Å². The number of aryl methyl sites for hydroxylation is 2. The fourth-order valence-electron chi connectivity index (χ4n) is 1.72. The molecule has 1 rings (SSSR count). The second-order valence-corrected chi connectivity index (χ2v) is 6.33. The molecular formula is C12H17NO4S. The standard InChI is InChI=1S/C12H17NO4S/c1-4-18(16,17)13(8-12(14)15)11-6-9(2)5-10(3)7-11/h5-7H,4,8H2,1-3H3,(H,14,15).